The molecule has 2 aromatic carbocycles. The Kier molecular flexibility index (Phi) is 3.88. The summed E-state index contributed by atoms with van der Waals surface area (Å²) in [5, 5.41) is 3.15. The van der Waals surface area contributed by atoms with Gasteiger partial charge in [-0.3, -0.25) is 4.79 Å². The number of amides is 1. The monoisotopic (exact) mass is 306 g/mol. The zero-order valence-corrected chi connectivity index (χ0v) is 13.3. The lowest BCUT2D eigenvalue weighted by Crippen LogP contribution is -2.36. The van der Waals surface area contributed by atoms with Gasteiger partial charge in [-0.05, 0) is 48.2 Å². The number of carbonyl (C=O) groups excluding carboxylic acids is 1. The molecule has 0 aromatic heterocycles. The molecule has 1 saturated heterocycles. The minimum Gasteiger partial charge on any atom is -0.354 e. The lowest BCUT2D eigenvalue weighted by atomic mass is 9.96. The van der Waals surface area contributed by atoms with Crippen LogP contribution in [0.15, 0.2) is 48.5 Å². The topological polar surface area (TPSA) is 32.3 Å². The fourth-order valence-corrected chi connectivity index (χ4v) is 3.88. The first kappa shape index (κ1) is 14.5. The molecule has 3 heteroatoms. The fraction of sp³-hybridized carbons (Fsp3) is 0.350. The van der Waals surface area contributed by atoms with Gasteiger partial charge in [0.25, 0.3) is 0 Å². The van der Waals surface area contributed by atoms with Gasteiger partial charge in [-0.2, -0.15) is 0 Å². The summed E-state index contributed by atoms with van der Waals surface area (Å²) in [4.78, 5) is 15.2. The maximum absolute atomic E-state index is 12.8. The molecule has 2 aromatic rings. The molecule has 1 heterocycles. The van der Waals surface area contributed by atoms with Crippen LogP contribution >= 0.6 is 0 Å². The number of carbonyl (C=O) groups is 1. The Morgan fingerprint density at radius 3 is 2.13 bits per heavy atom. The Balaban J connectivity index is 1.52. The van der Waals surface area contributed by atoms with Gasteiger partial charge in [0, 0.05) is 13.1 Å². The Bertz CT molecular complexity index is 674. The number of nitrogens with one attached hydrogen (secondary N) is 1. The van der Waals surface area contributed by atoms with Gasteiger partial charge in [0.1, 0.15) is 0 Å². The molecule has 1 amide bonds. The van der Waals surface area contributed by atoms with Gasteiger partial charge in [-0.25, -0.2) is 0 Å². The summed E-state index contributed by atoms with van der Waals surface area (Å²) in [5.74, 6) is -0.0393. The van der Waals surface area contributed by atoms with E-state index < -0.39 is 0 Å². The number of rotatable bonds is 4. The third-order valence-corrected chi connectivity index (χ3v) is 5.02. The van der Waals surface area contributed by atoms with Crippen molar-refractivity contribution in [2.24, 2.45) is 0 Å². The Labute approximate surface area is 137 Å². The van der Waals surface area contributed by atoms with Crippen molar-refractivity contribution >= 4 is 5.91 Å². The van der Waals surface area contributed by atoms with Crippen molar-refractivity contribution in [3.05, 3.63) is 59.7 Å². The molecular formula is C20H22N2O. The normalized spacial score (nSPS) is 17.0. The number of hydrogen-bond acceptors (Lipinski definition) is 2. The summed E-state index contributed by atoms with van der Waals surface area (Å²) in [7, 11) is 0. The molecule has 0 unspecified atom stereocenters. The lowest BCUT2D eigenvalue weighted by molar-refractivity contribution is -0.121. The van der Waals surface area contributed by atoms with Crippen molar-refractivity contribution in [2.45, 2.75) is 18.8 Å². The summed E-state index contributed by atoms with van der Waals surface area (Å²) in [6.45, 7) is 4.04. The van der Waals surface area contributed by atoms with E-state index in [0.29, 0.717) is 0 Å². The van der Waals surface area contributed by atoms with Crippen LogP contribution in [-0.2, 0) is 4.79 Å². The summed E-state index contributed by atoms with van der Waals surface area (Å²) in [6, 6.07) is 16.5. The maximum atomic E-state index is 12.8. The molecule has 0 saturated carbocycles. The molecular weight excluding hydrogens is 284 g/mol. The molecule has 2 aliphatic rings. The Hall–Kier alpha value is -2.13. The number of hydrogen-bond donors (Lipinski definition) is 1. The fourth-order valence-electron chi connectivity index (χ4n) is 3.88. The molecule has 1 aliphatic carbocycles. The van der Waals surface area contributed by atoms with Crippen LogP contribution in [0.25, 0.3) is 11.1 Å². The molecule has 0 atom stereocenters. The number of benzene rings is 2. The SMILES string of the molecule is O=C(NCCN1CCCC1)C1c2ccccc2-c2ccccc21. The second-order valence-corrected chi connectivity index (χ2v) is 6.45. The summed E-state index contributed by atoms with van der Waals surface area (Å²) in [5.41, 5.74) is 4.66. The molecule has 1 aliphatic heterocycles. The van der Waals surface area contributed by atoms with Gasteiger partial charge in [0.15, 0.2) is 0 Å². The van der Waals surface area contributed by atoms with Crippen LogP contribution in [0.5, 0.6) is 0 Å². The number of likely N-dealkylation sites (tertiary alicyclic amines) is 1. The van der Waals surface area contributed by atoms with Crippen LogP contribution < -0.4 is 5.32 Å². The van der Waals surface area contributed by atoms with Gasteiger partial charge >= 0.3 is 0 Å². The van der Waals surface area contributed by atoms with Gasteiger partial charge in [0.05, 0.1) is 5.92 Å². The quantitative estimate of drug-likeness (QED) is 0.942. The summed E-state index contributed by atoms with van der Waals surface area (Å²) in [6.07, 6.45) is 2.58. The third kappa shape index (κ3) is 2.66. The number of nitrogens with zero attached hydrogens (tertiary/aromatic N) is 1. The molecule has 4 rings (SSSR count). The Morgan fingerprint density at radius 1 is 0.957 bits per heavy atom. The third-order valence-electron chi connectivity index (χ3n) is 5.02. The highest BCUT2D eigenvalue weighted by atomic mass is 16.1. The van der Waals surface area contributed by atoms with E-state index in [2.05, 4.69) is 34.5 Å². The molecule has 1 fully saturated rings. The molecule has 0 radical (unpaired) electrons. The minimum absolute atomic E-state index is 0.126. The van der Waals surface area contributed by atoms with Crippen LogP contribution in [-0.4, -0.2) is 37.0 Å². The van der Waals surface area contributed by atoms with E-state index >= 15 is 0 Å². The largest absolute Gasteiger partial charge is 0.354 e. The standard InChI is InChI=1S/C20H22N2O/c23-20(21-11-14-22-12-5-6-13-22)19-17-9-3-1-7-15(17)16-8-2-4-10-18(16)19/h1-4,7-10,19H,5-6,11-14H2,(H,21,23). The highest BCUT2D eigenvalue weighted by molar-refractivity contribution is 5.96. The van der Waals surface area contributed by atoms with Gasteiger partial charge < -0.3 is 10.2 Å². The zero-order chi connectivity index (χ0) is 15.6. The average molecular weight is 306 g/mol. The first-order valence-electron chi connectivity index (χ1n) is 8.53. The van der Waals surface area contributed by atoms with Crippen molar-refractivity contribution in [3.63, 3.8) is 0 Å². The second-order valence-electron chi connectivity index (χ2n) is 6.45. The van der Waals surface area contributed by atoms with Gasteiger partial charge in [-0.1, -0.05) is 48.5 Å². The maximum Gasteiger partial charge on any atom is 0.232 e. The zero-order valence-electron chi connectivity index (χ0n) is 13.3. The van der Waals surface area contributed by atoms with E-state index in [1.165, 1.54) is 37.1 Å². The molecule has 118 valence electrons. The molecule has 1 N–H and O–H groups in total. The number of fused-ring (bicyclic) bond motifs is 3. The van der Waals surface area contributed by atoms with Gasteiger partial charge in [-0.15, -0.1) is 0 Å². The Morgan fingerprint density at radius 2 is 1.52 bits per heavy atom. The average Bonchev–Trinajstić information content (AvgIpc) is 3.20. The second kappa shape index (κ2) is 6.17. The van der Waals surface area contributed by atoms with Crippen molar-refractivity contribution < 1.29 is 4.79 Å². The highest BCUT2D eigenvalue weighted by Crippen LogP contribution is 2.44. The minimum atomic E-state index is -0.166. The van der Waals surface area contributed by atoms with Crippen LogP contribution in [0.3, 0.4) is 0 Å². The first-order chi connectivity index (χ1) is 11.3. The summed E-state index contributed by atoms with van der Waals surface area (Å²) < 4.78 is 0. The van der Waals surface area contributed by atoms with Crippen molar-refractivity contribution in [1.29, 1.82) is 0 Å². The predicted octanol–water partition coefficient (Wildman–Crippen LogP) is 3.01. The van der Waals surface area contributed by atoms with Crippen LogP contribution in [0, 0.1) is 0 Å². The molecule has 0 bridgehead atoms. The van der Waals surface area contributed by atoms with E-state index in [-0.39, 0.29) is 11.8 Å². The van der Waals surface area contributed by atoms with E-state index in [4.69, 9.17) is 0 Å². The smallest absolute Gasteiger partial charge is 0.232 e. The van der Waals surface area contributed by atoms with Gasteiger partial charge in [0.2, 0.25) is 5.91 Å². The van der Waals surface area contributed by atoms with Crippen LogP contribution in [0.4, 0.5) is 0 Å². The van der Waals surface area contributed by atoms with E-state index in [1.807, 2.05) is 24.3 Å². The lowest BCUT2D eigenvalue weighted by Gasteiger charge is -2.17. The first-order valence-corrected chi connectivity index (χ1v) is 8.53. The van der Waals surface area contributed by atoms with E-state index in [9.17, 15) is 4.79 Å². The van der Waals surface area contributed by atoms with Crippen LogP contribution in [0.1, 0.15) is 29.9 Å². The van der Waals surface area contributed by atoms with Crippen molar-refractivity contribution in [2.75, 3.05) is 26.2 Å². The van der Waals surface area contributed by atoms with E-state index in [0.717, 1.165) is 24.2 Å². The predicted molar refractivity (Wildman–Crippen MR) is 92.4 cm³/mol. The summed E-state index contributed by atoms with van der Waals surface area (Å²) >= 11 is 0. The molecule has 23 heavy (non-hydrogen) atoms. The van der Waals surface area contributed by atoms with E-state index in [1.54, 1.807) is 0 Å². The van der Waals surface area contributed by atoms with Crippen molar-refractivity contribution in [1.82, 2.24) is 10.2 Å². The highest BCUT2D eigenvalue weighted by Gasteiger charge is 2.33. The molecule has 0 spiro atoms. The van der Waals surface area contributed by atoms with Crippen molar-refractivity contribution in [3.8, 4) is 11.1 Å². The molecule has 3 nitrogen and oxygen atoms in total. The van der Waals surface area contributed by atoms with Crippen LogP contribution in [0.2, 0.25) is 0 Å².